The molecule has 63 heavy (non-hydrogen) atoms. The smallest absolute Gasteiger partial charge is 0.438 e. The molecular formula is C46H54F2N10O5. The average Bonchev–Trinajstić information content (AvgIpc) is 3.86. The van der Waals surface area contributed by atoms with E-state index in [9.17, 15) is 9.59 Å². The second kappa shape index (κ2) is 16.2. The van der Waals surface area contributed by atoms with Crippen molar-refractivity contribution in [3.63, 3.8) is 0 Å². The number of allylic oxidation sites excluding steroid dienone is 2. The van der Waals surface area contributed by atoms with E-state index in [2.05, 4.69) is 46.2 Å². The van der Waals surface area contributed by atoms with Crippen LogP contribution in [-0.2, 0) is 28.5 Å². The highest BCUT2D eigenvalue weighted by atomic mass is 19.1. The molecule has 17 heteroatoms. The van der Waals surface area contributed by atoms with Crippen molar-refractivity contribution < 1.29 is 22.8 Å². The number of ether oxygens (including phenoxy) is 2. The summed E-state index contributed by atoms with van der Waals surface area (Å²) in [6.07, 6.45) is 12.2. The van der Waals surface area contributed by atoms with Crippen LogP contribution in [0.25, 0.3) is 28.1 Å². The van der Waals surface area contributed by atoms with Crippen molar-refractivity contribution in [1.82, 2.24) is 49.1 Å². The molecule has 1 saturated carbocycles. The fourth-order valence-corrected chi connectivity index (χ4v) is 9.62. The van der Waals surface area contributed by atoms with E-state index in [0.717, 1.165) is 48.4 Å². The zero-order chi connectivity index (χ0) is 44.5. The molecule has 332 valence electrons. The molecule has 6 atom stereocenters. The van der Waals surface area contributed by atoms with Crippen LogP contribution in [-0.4, -0.2) is 69.2 Å². The van der Waals surface area contributed by atoms with Crippen LogP contribution >= 0.6 is 0 Å². The van der Waals surface area contributed by atoms with Crippen LogP contribution < -0.4 is 16.8 Å². The largest absolute Gasteiger partial charge is 0.495 e. The number of hydrogen-bond acceptors (Lipinski definition) is 10. The zero-order valence-electron chi connectivity index (χ0n) is 36.9. The number of aryl methyl sites for hydroxylation is 3. The Bertz CT molecular complexity index is 2870. The first-order valence-electron chi connectivity index (χ1n) is 21.8. The molecule has 4 aromatic heterocycles. The Balaban J connectivity index is 1.05. The van der Waals surface area contributed by atoms with Crippen molar-refractivity contribution in [3.8, 4) is 17.2 Å². The van der Waals surface area contributed by atoms with Crippen LogP contribution in [0.5, 0.6) is 0 Å². The number of nitrogens with zero attached hydrogens (tertiary/aromatic N) is 8. The molecule has 2 bridgehead atoms. The van der Waals surface area contributed by atoms with Gasteiger partial charge in [0.25, 0.3) is 0 Å². The quantitative estimate of drug-likeness (QED) is 0.0809. The number of aromatic amines is 1. The summed E-state index contributed by atoms with van der Waals surface area (Å²) in [5.74, 6) is 0.271. The first-order chi connectivity index (χ1) is 30.3. The van der Waals surface area contributed by atoms with Crippen LogP contribution in [0.15, 0.2) is 80.6 Å². The molecule has 3 aliphatic rings. The summed E-state index contributed by atoms with van der Waals surface area (Å²) in [6, 6.07) is 6.79. The summed E-state index contributed by atoms with van der Waals surface area (Å²) < 4.78 is 55.4. The number of imidazole rings is 1. The van der Waals surface area contributed by atoms with Crippen LogP contribution in [0.3, 0.4) is 0 Å². The predicted octanol–water partition coefficient (Wildman–Crippen LogP) is 7.07. The Morgan fingerprint density at radius 2 is 1.86 bits per heavy atom. The Morgan fingerprint density at radius 1 is 1.11 bits per heavy atom. The summed E-state index contributed by atoms with van der Waals surface area (Å²) in [7, 11) is 1.74. The van der Waals surface area contributed by atoms with E-state index in [1.807, 2.05) is 26.0 Å². The number of benzene rings is 2. The zero-order valence-corrected chi connectivity index (χ0v) is 36.9. The molecule has 0 amide bonds. The summed E-state index contributed by atoms with van der Waals surface area (Å²) in [5.41, 5.74) is 3.69. The molecule has 2 aromatic carbocycles. The third-order valence-corrected chi connectivity index (χ3v) is 13.3. The highest BCUT2D eigenvalue weighted by Gasteiger charge is 2.56. The molecule has 2 N–H and O–H groups in total. The van der Waals surface area contributed by atoms with Gasteiger partial charge in [-0.25, -0.2) is 23.1 Å². The lowest BCUT2D eigenvalue weighted by molar-refractivity contribution is -0.0598. The summed E-state index contributed by atoms with van der Waals surface area (Å²) in [5, 5.41) is 17.4. The number of hydrogen-bond donors (Lipinski definition) is 2. The third-order valence-electron chi connectivity index (χ3n) is 13.3. The number of rotatable bonds is 15. The fourth-order valence-electron chi connectivity index (χ4n) is 9.62. The van der Waals surface area contributed by atoms with E-state index in [0.29, 0.717) is 59.1 Å². The van der Waals surface area contributed by atoms with E-state index in [-0.39, 0.29) is 41.5 Å². The third kappa shape index (κ3) is 7.14. The number of nitrogens with one attached hydrogen (secondary N) is 2. The van der Waals surface area contributed by atoms with Gasteiger partial charge >= 0.3 is 11.4 Å². The normalized spacial score (nSPS) is 22.2. The van der Waals surface area contributed by atoms with Gasteiger partial charge in [-0.15, -0.1) is 0 Å². The Morgan fingerprint density at radius 3 is 2.54 bits per heavy atom. The second-order valence-electron chi connectivity index (χ2n) is 17.4. The molecule has 9 rings (SSSR count). The number of H-pyrrole nitrogens is 1. The first-order valence-corrected chi connectivity index (χ1v) is 21.8. The Kier molecular flexibility index (Phi) is 10.9. The van der Waals surface area contributed by atoms with Crippen LogP contribution in [0, 0.1) is 37.3 Å². The molecule has 1 aliphatic carbocycles. The van der Waals surface area contributed by atoms with Gasteiger partial charge in [-0.05, 0) is 101 Å². The molecule has 1 saturated heterocycles. The topological polar surface area (TPSA) is 155 Å². The number of fused-ring (bicyclic) bond motifs is 5. The summed E-state index contributed by atoms with van der Waals surface area (Å²) >= 11 is 0. The Hall–Kier alpha value is -6.07. The molecule has 0 radical (unpaired) electrons. The molecule has 2 fully saturated rings. The highest BCUT2D eigenvalue weighted by Crippen LogP contribution is 2.51. The second-order valence-corrected chi connectivity index (χ2v) is 17.4. The van der Waals surface area contributed by atoms with E-state index in [1.165, 1.54) is 15.3 Å². The van der Waals surface area contributed by atoms with E-state index in [4.69, 9.17) is 19.1 Å². The van der Waals surface area contributed by atoms with Gasteiger partial charge in [0.05, 0.1) is 52.6 Å². The number of aromatic nitrogens is 8. The maximum absolute atomic E-state index is 16.0. The van der Waals surface area contributed by atoms with Gasteiger partial charge < -0.3 is 14.8 Å². The SMILES string of the molecule is C/C=C\C(N[C@]1(c2noc(=O)[nH]2)C[C@@H]1C)=C(/OCCC)[C@H](C)[C@H](C)OCN1[C@H]2CC[C@@H]1c1c(nn(-c3cc(C)c(F)c(C)c3)c1-n1ccn(-c3ccc4c(cnn4C)c3F)c1=O)C2. The molecular weight excluding hydrogens is 811 g/mol. The predicted molar refractivity (Wildman–Crippen MR) is 232 cm³/mol. The molecule has 0 unspecified atom stereocenters. The lowest BCUT2D eigenvalue weighted by Crippen LogP contribution is -2.41. The maximum Gasteiger partial charge on any atom is 0.438 e. The van der Waals surface area contributed by atoms with Gasteiger partial charge in [-0.3, -0.25) is 28.2 Å². The van der Waals surface area contributed by atoms with E-state index >= 15 is 8.78 Å². The molecule has 6 aromatic rings. The van der Waals surface area contributed by atoms with Crippen molar-refractivity contribution >= 4 is 10.9 Å². The van der Waals surface area contributed by atoms with Crippen molar-refractivity contribution in [1.29, 1.82) is 0 Å². The lowest BCUT2D eigenvalue weighted by atomic mass is 9.99. The molecule has 0 spiro atoms. The van der Waals surface area contributed by atoms with Gasteiger partial charge in [0, 0.05) is 49.4 Å². The standard InChI is InChI=1S/C46H54F2N10O5/c1-9-11-33(51-46(22-27(46)5)43-50-44(59)63-53-43)41(61-18-10-2)28(6)29(7)62-24-57-30-12-13-36(57)38-34(21-30)52-58(31-19-25(3)39(47)26(4)20-31)42(38)56-17-16-55(45(56)60)37-15-14-35-32(40(37)48)23-49-54(35)8/h9,11,14-17,19-20,23,27-30,36,51H,10,12-13,18,21-22,24H2,1-8H3,(H,50,53,59)/b11-9-,41-33+/t27-,28+,29-,30-,36+,46+/m0/s1. The molecule has 6 heterocycles. The van der Waals surface area contributed by atoms with Gasteiger partial charge in [0.2, 0.25) is 0 Å². The summed E-state index contributed by atoms with van der Waals surface area (Å²) in [4.78, 5) is 31.6. The van der Waals surface area contributed by atoms with Crippen molar-refractivity contribution in [2.75, 3.05) is 13.3 Å². The van der Waals surface area contributed by atoms with Crippen molar-refractivity contribution in [2.24, 2.45) is 18.9 Å². The number of halogens is 2. The minimum Gasteiger partial charge on any atom is -0.495 e. The summed E-state index contributed by atoms with van der Waals surface area (Å²) in [6.45, 7) is 14.5. The average molecular weight is 865 g/mol. The van der Waals surface area contributed by atoms with Crippen LogP contribution in [0.1, 0.15) is 94.6 Å². The van der Waals surface area contributed by atoms with E-state index in [1.54, 1.807) is 66.9 Å². The van der Waals surface area contributed by atoms with Gasteiger partial charge in [-0.1, -0.05) is 32.0 Å². The lowest BCUT2D eigenvalue weighted by Gasteiger charge is -2.36. The van der Waals surface area contributed by atoms with Crippen LogP contribution in [0.2, 0.25) is 0 Å². The van der Waals surface area contributed by atoms with Crippen LogP contribution in [0.4, 0.5) is 8.78 Å². The first kappa shape index (κ1) is 42.2. The Labute approximate surface area is 363 Å². The van der Waals surface area contributed by atoms with Gasteiger partial charge in [0.1, 0.15) is 29.7 Å². The van der Waals surface area contributed by atoms with Gasteiger partial charge in [0.15, 0.2) is 11.6 Å². The van der Waals surface area contributed by atoms with E-state index < -0.39 is 22.8 Å². The monoisotopic (exact) mass is 864 g/mol. The fraction of sp³-hybridized carbons (Fsp3) is 0.457. The van der Waals surface area contributed by atoms with Crippen molar-refractivity contribution in [3.05, 3.63) is 127 Å². The highest BCUT2D eigenvalue weighted by molar-refractivity contribution is 5.81. The van der Waals surface area contributed by atoms with Gasteiger partial charge in [-0.2, -0.15) is 10.2 Å². The maximum atomic E-state index is 16.0. The molecule has 15 nitrogen and oxygen atoms in total. The minimum absolute atomic E-state index is 0.103. The molecule has 2 aliphatic heterocycles. The minimum atomic E-state index is -0.603. The van der Waals surface area contributed by atoms with Crippen molar-refractivity contribution in [2.45, 2.75) is 104 Å².